The summed E-state index contributed by atoms with van der Waals surface area (Å²) in [6.07, 6.45) is 2.73. The van der Waals surface area contributed by atoms with Gasteiger partial charge in [0.05, 0.1) is 0 Å². The highest BCUT2D eigenvalue weighted by molar-refractivity contribution is 7.09. The highest BCUT2D eigenvalue weighted by atomic mass is 32.1. The Morgan fingerprint density at radius 1 is 1.25 bits per heavy atom. The summed E-state index contributed by atoms with van der Waals surface area (Å²) in [5.74, 6) is -0.726. The summed E-state index contributed by atoms with van der Waals surface area (Å²) in [5, 5.41) is 5.30. The second-order valence-corrected chi connectivity index (χ2v) is 5.78. The number of nitrogens with one attached hydrogen (secondary N) is 1. The van der Waals surface area contributed by atoms with Crippen LogP contribution in [0.4, 0.5) is 8.78 Å². The minimum Gasteiger partial charge on any atom is -0.310 e. The lowest BCUT2D eigenvalue weighted by Crippen LogP contribution is -2.22. The Kier molecular flexibility index (Phi) is 5.68. The predicted octanol–water partition coefficient (Wildman–Crippen LogP) is 4.70. The lowest BCUT2D eigenvalue weighted by molar-refractivity contribution is 0.468. The molecule has 0 radical (unpaired) electrons. The number of rotatable bonds is 7. The van der Waals surface area contributed by atoms with Gasteiger partial charge in [0.2, 0.25) is 0 Å². The van der Waals surface area contributed by atoms with Crippen molar-refractivity contribution in [3.63, 3.8) is 0 Å². The lowest BCUT2D eigenvalue weighted by atomic mass is 10.00. The molecule has 0 aliphatic rings. The van der Waals surface area contributed by atoms with Crippen molar-refractivity contribution in [1.82, 2.24) is 5.32 Å². The summed E-state index contributed by atoms with van der Waals surface area (Å²) in [4.78, 5) is 1.33. The van der Waals surface area contributed by atoms with Crippen molar-refractivity contribution in [2.75, 3.05) is 6.54 Å². The summed E-state index contributed by atoms with van der Waals surface area (Å²) < 4.78 is 27.1. The fourth-order valence-electron chi connectivity index (χ4n) is 2.33. The molecule has 20 heavy (non-hydrogen) atoms. The quantitative estimate of drug-likeness (QED) is 0.780. The van der Waals surface area contributed by atoms with Gasteiger partial charge in [-0.1, -0.05) is 13.0 Å². The molecule has 0 fully saturated rings. The molecular weight excluding hydrogens is 276 g/mol. The summed E-state index contributed by atoms with van der Waals surface area (Å²) >= 11 is 1.73. The largest absolute Gasteiger partial charge is 0.310 e. The minimum absolute atomic E-state index is 0.129. The van der Waals surface area contributed by atoms with Gasteiger partial charge in [-0.15, -0.1) is 11.3 Å². The maximum absolute atomic E-state index is 13.8. The average molecular weight is 295 g/mol. The molecule has 0 amide bonds. The van der Waals surface area contributed by atoms with E-state index in [1.165, 1.54) is 17.0 Å². The van der Waals surface area contributed by atoms with E-state index < -0.39 is 0 Å². The minimum atomic E-state index is -0.387. The summed E-state index contributed by atoms with van der Waals surface area (Å²) in [6, 6.07) is 7.68. The van der Waals surface area contributed by atoms with Crippen molar-refractivity contribution >= 4 is 11.3 Å². The predicted molar refractivity (Wildman–Crippen MR) is 80.0 cm³/mol. The number of hydrogen-bond acceptors (Lipinski definition) is 2. The molecule has 1 heterocycles. The lowest BCUT2D eigenvalue weighted by Gasteiger charge is -2.19. The molecule has 0 saturated carbocycles. The van der Waals surface area contributed by atoms with Crippen LogP contribution in [0.1, 0.15) is 36.2 Å². The van der Waals surface area contributed by atoms with Crippen LogP contribution in [0.25, 0.3) is 0 Å². The van der Waals surface area contributed by atoms with Gasteiger partial charge in [-0.2, -0.15) is 0 Å². The van der Waals surface area contributed by atoms with Crippen LogP contribution in [0, 0.1) is 11.6 Å². The number of hydrogen-bond donors (Lipinski definition) is 1. The van der Waals surface area contributed by atoms with E-state index in [2.05, 4.69) is 16.8 Å². The molecule has 2 aromatic rings. The van der Waals surface area contributed by atoms with E-state index in [9.17, 15) is 8.78 Å². The second kappa shape index (κ2) is 7.50. The van der Waals surface area contributed by atoms with Crippen LogP contribution in [-0.4, -0.2) is 6.54 Å². The zero-order valence-electron chi connectivity index (χ0n) is 11.5. The van der Waals surface area contributed by atoms with Crippen molar-refractivity contribution in [2.24, 2.45) is 0 Å². The van der Waals surface area contributed by atoms with Crippen molar-refractivity contribution in [2.45, 2.75) is 32.2 Å². The van der Waals surface area contributed by atoms with Crippen molar-refractivity contribution < 1.29 is 8.78 Å². The van der Waals surface area contributed by atoms with Gasteiger partial charge >= 0.3 is 0 Å². The third-order valence-electron chi connectivity index (χ3n) is 3.28. The van der Waals surface area contributed by atoms with E-state index >= 15 is 0 Å². The van der Waals surface area contributed by atoms with Crippen LogP contribution in [0.3, 0.4) is 0 Å². The van der Waals surface area contributed by atoms with Crippen molar-refractivity contribution in [3.8, 4) is 0 Å². The van der Waals surface area contributed by atoms with Gasteiger partial charge in [-0.3, -0.25) is 0 Å². The molecule has 108 valence electrons. The van der Waals surface area contributed by atoms with Gasteiger partial charge in [-0.25, -0.2) is 8.78 Å². The SMILES string of the molecule is CCNC(CCCc1cccs1)c1cc(F)ccc1F. The van der Waals surface area contributed by atoms with Gasteiger partial charge < -0.3 is 5.32 Å². The molecule has 4 heteroatoms. The Bertz CT molecular complexity index is 525. The van der Waals surface area contributed by atoms with Crippen LogP contribution in [0.5, 0.6) is 0 Å². The average Bonchev–Trinajstić information content (AvgIpc) is 2.94. The monoisotopic (exact) mass is 295 g/mol. The van der Waals surface area contributed by atoms with E-state index in [1.54, 1.807) is 11.3 Å². The first-order valence-corrected chi connectivity index (χ1v) is 7.79. The third kappa shape index (κ3) is 4.12. The first kappa shape index (κ1) is 15.1. The topological polar surface area (TPSA) is 12.0 Å². The highest BCUT2D eigenvalue weighted by Gasteiger charge is 2.15. The molecule has 0 saturated heterocycles. The molecule has 1 nitrogen and oxygen atoms in total. The first-order valence-electron chi connectivity index (χ1n) is 6.91. The smallest absolute Gasteiger partial charge is 0.128 e. The molecule has 1 N–H and O–H groups in total. The summed E-state index contributed by atoms with van der Waals surface area (Å²) in [5.41, 5.74) is 0.429. The fourth-order valence-corrected chi connectivity index (χ4v) is 3.08. The normalized spacial score (nSPS) is 12.6. The molecule has 0 aliphatic heterocycles. The van der Waals surface area contributed by atoms with Crippen LogP contribution in [-0.2, 0) is 6.42 Å². The maximum atomic E-state index is 13.8. The van der Waals surface area contributed by atoms with Gasteiger partial charge in [0.1, 0.15) is 11.6 Å². The molecule has 1 aromatic heterocycles. The molecule has 0 spiro atoms. The highest BCUT2D eigenvalue weighted by Crippen LogP contribution is 2.24. The summed E-state index contributed by atoms with van der Waals surface area (Å²) in [7, 11) is 0. The van der Waals surface area contributed by atoms with Crippen LogP contribution < -0.4 is 5.32 Å². The number of benzene rings is 1. The molecule has 0 aliphatic carbocycles. The van der Waals surface area contributed by atoms with Gasteiger partial charge in [-0.05, 0) is 55.5 Å². The number of halogens is 2. The van der Waals surface area contributed by atoms with E-state index in [0.29, 0.717) is 5.56 Å². The Morgan fingerprint density at radius 3 is 2.80 bits per heavy atom. The van der Waals surface area contributed by atoms with Gasteiger partial charge in [0.25, 0.3) is 0 Å². The molecule has 1 aromatic carbocycles. The molecule has 0 bridgehead atoms. The van der Waals surface area contributed by atoms with Crippen LogP contribution >= 0.6 is 11.3 Å². The van der Waals surface area contributed by atoms with Gasteiger partial charge in [0.15, 0.2) is 0 Å². The molecule has 1 atom stereocenters. The fraction of sp³-hybridized carbons (Fsp3) is 0.375. The Morgan fingerprint density at radius 2 is 2.10 bits per heavy atom. The van der Waals surface area contributed by atoms with Gasteiger partial charge in [0, 0.05) is 16.5 Å². The third-order valence-corrected chi connectivity index (χ3v) is 4.22. The number of thiophene rings is 1. The van der Waals surface area contributed by atoms with E-state index in [1.807, 2.05) is 13.0 Å². The first-order chi connectivity index (χ1) is 9.70. The Hall–Kier alpha value is -1.26. The number of aryl methyl sites for hydroxylation is 1. The molecule has 2 rings (SSSR count). The van der Waals surface area contributed by atoms with E-state index in [4.69, 9.17) is 0 Å². The van der Waals surface area contributed by atoms with Crippen molar-refractivity contribution in [3.05, 3.63) is 57.8 Å². The second-order valence-electron chi connectivity index (χ2n) is 4.75. The Labute approximate surface area is 122 Å². The Balaban J connectivity index is 2.00. The van der Waals surface area contributed by atoms with E-state index in [-0.39, 0.29) is 17.7 Å². The van der Waals surface area contributed by atoms with Crippen molar-refractivity contribution in [1.29, 1.82) is 0 Å². The summed E-state index contributed by atoms with van der Waals surface area (Å²) in [6.45, 7) is 2.71. The van der Waals surface area contributed by atoms with Crippen LogP contribution in [0.2, 0.25) is 0 Å². The zero-order valence-corrected chi connectivity index (χ0v) is 12.4. The van der Waals surface area contributed by atoms with Crippen LogP contribution in [0.15, 0.2) is 35.7 Å². The van der Waals surface area contributed by atoms with E-state index in [0.717, 1.165) is 31.9 Å². The zero-order chi connectivity index (χ0) is 14.4. The molecule has 1 unspecified atom stereocenters. The standard InChI is InChI=1S/C16H19F2NS/c1-2-19-16(7-3-5-13-6-4-10-20-13)14-11-12(17)8-9-15(14)18/h4,6,8-11,16,19H,2-3,5,7H2,1H3. The molecular formula is C16H19F2NS. The maximum Gasteiger partial charge on any atom is 0.128 e.